The quantitative estimate of drug-likeness (QED) is 0.183. The number of hydrogen-bond acceptors (Lipinski definition) is 5. The van der Waals surface area contributed by atoms with Crippen LogP contribution in [0.15, 0.2) is 132 Å². The number of fused-ring (bicyclic) bond motifs is 3. The second kappa shape index (κ2) is 12.5. The van der Waals surface area contributed by atoms with Crippen molar-refractivity contribution >= 4 is 11.6 Å². The van der Waals surface area contributed by atoms with Crippen LogP contribution in [0.3, 0.4) is 0 Å². The molecule has 0 amide bonds. The highest BCUT2D eigenvalue weighted by Crippen LogP contribution is 2.48. The highest BCUT2D eigenvalue weighted by Gasteiger charge is 2.45. The molecule has 4 aromatic carbocycles. The molecule has 0 unspecified atom stereocenters. The molecule has 250 valence electrons. The van der Waals surface area contributed by atoms with Gasteiger partial charge in [0.25, 0.3) is 5.56 Å². The number of para-hydroxylation sites is 1. The van der Waals surface area contributed by atoms with E-state index in [1.807, 2.05) is 0 Å². The lowest BCUT2D eigenvalue weighted by atomic mass is 9.74. The van der Waals surface area contributed by atoms with Crippen LogP contribution in [0.5, 0.6) is 0 Å². The van der Waals surface area contributed by atoms with Crippen LogP contribution in [-0.2, 0) is 30.3 Å². The Hall–Kier alpha value is -5.43. The fourth-order valence-electron chi connectivity index (χ4n) is 8.97. The number of nitrogens with zero attached hydrogens (tertiary/aromatic N) is 5. The van der Waals surface area contributed by atoms with Gasteiger partial charge in [0.15, 0.2) is 0 Å². The molecule has 1 spiro atoms. The number of piperidine rings is 1. The van der Waals surface area contributed by atoms with Gasteiger partial charge in [-0.2, -0.15) is 5.10 Å². The molecular formula is C43H42N6O. The lowest BCUT2D eigenvalue weighted by Gasteiger charge is -2.40. The molecule has 7 heteroatoms. The molecule has 0 saturated carbocycles. The molecule has 6 aromatic rings. The van der Waals surface area contributed by atoms with Crippen molar-refractivity contribution in [2.45, 2.75) is 56.0 Å². The van der Waals surface area contributed by atoms with E-state index >= 15 is 0 Å². The minimum atomic E-state index is -0.634. The Bertz CT molecular complexity index is 2070. The molecule has 3 aliphatic rings. The van der Waals surface area contributed by atoms with Crippen LogP contribution in [0, 0.1) is 0 Å². The number of nitrogens with one attached hydrogen (secondary N) is 1. The summed E-state index contributed by atoms with van der Waals surface area (Å²) in [6.07, 6.45) is 10.3. The number of H-pyrrole nitrogens is 1. The summed E-state index contributed by atoms with van der Waals surface area (Å²) >= 11 is 0. The van der Waals surface area contributed by atoms with Crippen molar-refractivity contribution in [1.29, 1.82) is 0 Å². The molecule has 0 atom stereocenters. The summed E-state index contributed by atoms with van der Waals surface area (Å²) in [4.78, 5) is 25.9. The number of aryl methyl sites for hydroxylation is 1. The van der Waals surface area contributed by atoms with E-state index in [4.69, 9.17) is 10.1 Å². The molecule has 7 nitrogen and oxygen atoms in total. The van der Waals surface area contributed by atoms with Crippen LogP contribution in [0.25, 0.3) is 0 Å². The first-order chi connectivity index (χ1) is 24.6. The van der Waals surface area contributed by atoms with Crippen molar-refractivity contribution in [1.82, 2.24) is 19.7 Å². The minimum absolute atomic E-state index is 0.0544. The van der Waals surface area contributed by atoms with Crippen molar-refractivity contribution < 1.29 is 0 Å². The molecule has 1 saturated heterocycles. The number of aromatic amines is 1. The first kappa shape index (κ1) is 30.6. The zero-order valence-corrected chi connectivity index (χ0v) is 28.3. The van der Waals surface area contributed by atoms with Gasteiger partial charge in [0.1, 0.15) is 5.54 Å². The van der Waals surface area contributed by atoms with E-state index in [0.717, 1.165) is 81.9 Å². The van der Waals surface area contributed by atoms with Crippen LogP contribution in [0.4, 0.5) is 11.6 Å². The summed E-state index contributed by atoms with van der Waals surface area (Å²) in [5.74, 6) is 0.750. The van der Waals surface area contributed by atoms with Crippen LogP contribution in [0.2, 0.25) is 0 Å². The van der Waals surface area contributed by atoms with Crippen LogP contribution in [-0.4, -0.2) is 39.4 Å². The molecule has 50 heavy (non-hydrogen) atoms. The maximum atomic E-state index is 12.9. The van der Waals surface area contributed by atoms with E-state index in [9.17, 15) is 4.79 Å². The Labute approximate surface area is 293 Å². The molecule has 2 aliphatic heterocycles. The molecule has 1 fully saturated rings. The average molecular weight is 659 g/mol. The normalized spacial score (nSPS) is 16.7. The van der Waals surface area contributed by atoms with Crippen molar-refractivity contribution in [2.75, 3.05) is 29.4 Å². The first-order valence-electron chi connectivity index (χ1n) is 18.1. The van der Waals surface area contributed by atoms with E-state index in [1.165, 1.54) is 33.5 Å². The number of aromatic nitrogens is 4. The zero-order valence-electron chi connectivity index (χ0n) is 28.3. The van der Waals surface area contributed by atoms with Gasteiger partial charge in [0, 0.05) is 54.6 Å². The fourth-order valence-corrected chi connectivity index (χ4v) is 8.97. The van der Waals surface area contributed by atoms with Gasteiger partial charge in [-0.25, -0.2) is 4.98 Å². The van der Waals surface area contributed by atoms with E-state index in [-0.39, 0.29) is 11.0 Å². The fraction of sp³-hybridized carbons (Fsp3) is 0.279. The highest BCUT2D eigenvalue weighted by molar-refractivity contribution is 5.63. The van der Waals surface area contributed by atoms with Crippen molar-refractivity contribution in [3.05, 3.63) is 177 Å². The molecular weight excluding hydrogens is 617 g/mol. The lowest BCUT2D eigenvalue weighted by Crippen LogP contribution is -2.46. The van der Waals surface area contributed by atoms with E-state index in [2.05, 4.69) is 147 Å². The topological polar surface area (TPSA) is 70.1 Å². The molecule has 9 rings (SSSR count). The third kappa shape index (κ3) is 5.06. The predicted octanol–water partition coefficient (Wildman–Crippen LogP) is 7.24. The Balaban J connectivity index is 1.02. The van der Waals surface area contributed by atoms with Gasteiger partial charge in [-0.3, -0.25) is 14.5 Å². The summed E-state index contributed by atoms with van der Waals surface area (Å²) in [5.41, 5.74) is 8.80. The summed E-state index contributed by atoms with van der Waals surface area (Å²) < 4.78 is 2.17. The van der Waals surface area contributed by atoms with E-state index in [0.29, 0.717) is 0 Å². The largest absolute Gasteiger partial charge is 0.366 e. The van der Waals surface area contributed by atoms with E-state index in [1.54, 1.807) is 0 Å². The zero-order chi connectivity index (χ0) is 33.5. The van der Waals surface area contributed by atoms with Gasteiger partial charge in [0.05, 0.1) is 11.9 Å². The third-order valence-electron chi connectivity index (χ3n) is 11.4. The minimum Gasteiger partial charge on any atom is -0.366 e. The van der Waals surface area contributed by atoms with Gasteiger partial charge in [0.2, 0.25) is 5.95 Å². The van der Waals surface area contributed by atoms with Crippen LogP contribution in [0.1, 0.15) is 64.8 Å². The number of rotatable bonds is 7. The summed E-state index contributed by atoms with van der Waals surface area (Å²) in [6, 6.07) is 41.2. The molecule has 0 bridgehead atoms. The van der Waals surface area contributed by atoms with E-state index < -0.39 is 5.54 Å². The highest BCUT2D eigenvalue weighted by atomic mass is 16.1. The average Bonchev–Trinajstić information content (AvgIpc) is 3.76. The Morgan fingerprint density at radius 3 is 2.00 bits per heavy atom. The monoisotopic (exact) mass is 658 g/mol. The first-order valence-corrected chi connectivity index (χ1v) is 18.1. The van der Waals surface area contributed by atoms with Gasteiger partial charge in [-0.1, -0.05) is 109 Å². The van der Waals surface area contributed by atoms with Gasteiger partial charge < -0.3 is 9.80 Å². The number of anilines is 2. The van der Waals surface area contributed by atoms with Gasteiger partial charge in [-0.15, -0.1) is 0 Å². The third-order valence-corrected chi connectivity index (χ3v) is 11.4. The number of benzene rings is 4. The smallest absolute Gasteiger partial charge is 0.255 e. The van der Waals surface area contributed by atoms with Crippen molar-refractivity contribution in [3.8, 4) is 0 Å². The molecule has 1 N–H and O–H groups in total. The van der Waals surface area contributed by atoms with Gasteiger partial charge >= 0.3 is 0 Å². The second-order valence-electron chi connectivity index (χ2n) is 14.3. The maximum absolute atomic E-state index is 12.9. The summed E-state index contributed by atoms with van der Waals surface area (Å²) in [6.45, 7) is 3.47. The van der Waals surface area contributed by atoms with Crippen LogP contribution >= 0.6 is 0 Å². The Morgan fingerprint density at radius 2 is 1.34 bits per heavy atom. The van der Waals surface area contributed by atoms with Crippen molar-refractivity contribution in [3.63, 3.8) is 0 Å². The molecule has 4 heterocycles. The molecule has 2 aromatic heterocycles. The van der Waals surface area contributed by atoms with Crippen LogP contribution < -0.4 is 15.4 Å². The lowest BCUT2D eigenvalue weighted by molar-refractivity contribution is 0.347. The second-order valence-corrected chi connectivity index (χ2v) is 14.3. The SMILES string of the molecule is O=c1[nH]c(N2CCC3(CC2)CN(Cc2cnn(C(c4ccccc4)(c4ccccc4)c4ccccc4)c2)c2ccccc23)nc2c1CCCC2. The Kier molecular flexibility index (Phi) is 7.64. The van der Waals surface area contributed by atoms with Gasteiger partial charge in [-0.05, 0) is 66.8 Å². The van der Waals surface area contributed by atoms with Crippen molar-refractivity contribution in [2.24, 2.45) is 0 Å². The molecule has 1 aliphatic carbocycles. The number of hydrogen-bond donors (Lipinski definition) is 1. The maximum Gasteiger partial charge on any atom is 0.255 e. The predicted molar refractivity (Wildman–Crippen MR) is 199 cm³/mol. The summed E-state index contributed by atoms with van der Waals surface area (Å²) in [5, 5.41) is 5.15. The Morgan fingerprint density at radius 1 is 0.740 bits per heavy atom. The molecule has 0 radical (unpaired) electrons. The summed E-state index contributed by atoms with van der Waals surface area (Å²) in [7, 11) is 0. The standard InChI is InChI=1S/C43H42N6O/c50-40-36-20-10-12-22-38(36)45-41(46-40)47-26-24-42(25-27-47)31-48(39-23-13-11-21-37(39)42)29-32-28-44-49(30-32)43(33-14-4-1-5-15-33,34-16-6-2-7-17-34)35-18-8-3-9-19-35/h1-9,11,13-19,21,23,28,30H,10,12,20,22,24-27,29,31H2,(H,45,46,50).